The summed E-state index contributed by atoms with van der Waals surface area (Å²) >= 11 is 8.05. The average Bonchev–Trinajstić information content (AvgIpc) is 2.81. The van der Waals surface area contributed by atoms with E-state index in [1.165, 1.54) is 33.4 Å². The molecule has 0 aliphatic carbocycles. The third kappa shape index (κ3) is 5.19. The Morgan fingerprint density at radius 1 is 0.938 bits per heavy atom. The smallest absolute Gasteiger partial charge is 0.165 e. The van der Waals surface area contributed by atoms with Gasteiger partial charge in [0.25, 0.3) is 0 Å². The van der Waals surface area contributed by atoms with Gasteiger partial charge in [0.2, 0.25) is 0 Å². The van der Waals surface area contributed by atoms with Gasteiger partial charge in [-0.25, -0.2) is 4.99 Å². The molecule has 2 aromatic rings. The van der Waals surface area contributed by atoms with Crippen molar-refractivity contribution in [2.24, 2.45) is 4.99 Å². The quantitative estimate of drug-likeness (QED) is 0.382. The van der Waals surface area contributed by atoms with E-state index >= 15 is 0 Å². The highest BCUT2D eigenvalue weighted by atomic mass is 35.5. The normalized spacial score (nSPS) is 14.6. The van der Waals surface area contributed by atoms with Crippen molar-refractivity contribution in [1.82, 2.24) is 4.90 Å². The summed E-state index contributed by atoms with van der Waals surface area (Å²) in [5.74, 6) is 2.05. The molecule has 7 heteroatoms. The molecule has 0 unspecified atom stereocenters. The van der Waals surface area contributed by atoms with E-state index in [0.717, 1.165) is 24.0 Å². The first-order valence-corrected chi connectivity index (χ1v) is 12.2. The predicted molar refractivity (Wildman–Crippen MR) is 135 cm³/mol. The Balaban J connectivity index is 2.00. The van der Waals surface area contributed by atoms with E-state index in [9.17, 15) is 0 Å². The van der Waals surface area contributed by atoms with Gasteiger partial charge in [0, 0.05) is 31.0 Å². The number of aliphatic imine (C=N–C) groups is 1. The number of amidine groups is 1. The van der Waals surface area contributed by atoms with Gasteiger partial charge in [-0.05, 0) is 68.0 Å². The fourth-order valence-electron chi connectivity index (χ4n) is 3.91. The van der Waals surface area contributed by atoms with Crippen LogP contribution in [0.5, 0.6) is 11.5 Å². The molecule has 0 amide bonds. The molecule has 32 heavy (non-hydrogen) atoms. The summed E-state index contributed by atoms with van der Waals surface area (Å²) in [5.41, 5.74) is 8.95. The molecule has 0 atom stereocenters. The maximum absolute atomic E-state index is 6.30. The second-order valence-electron chi connectivity index (χ2n) is 8.04. The average molecular weight is 477 g/mol. The third-order valence-electron chi connectivity index (χ3n) is 6.45. The Hall–Kier alpha value is -1.89. The van der Waals surface area contributed by atoms with Crippen LogP contribution in [-0.4, -0.2) is 50.6 Å². The molecule has 0 bridgehead atoms. The number of methoxy groups -OCH3 is 2. The summed E-state index contributed by atoms with van der Waals surface area (Å²) in [6, 6.07) is 3.58. The number of benzene rings is 2. The molecule has 2 aromatic carbocycles. The van der Waals surface area contributed by atoms with Gasteiger partial charge in [0.1, 0.15) is 17.2 Å². The van der Waals surface area contributed by atoms with Crippen LogP contribution in [-0.2, 0) is 10.5 Å². The SMILES string of the molecule is COc1cc(N=C(SCc2c(C)c(C)c(C)c(C)c2C)N2CCOCC2)c(OC)cc1Cl. The zero-order valence-electron chi connectivity index (χ0n) is 20.1. The Morgan fingerprint density at radius 3 is 2.06 bits per heavy atom. The van der Waals surface area contributed by atoms with Crippen LogP contribution in [0.4, 0.5) is 5.69 Å². The molecule has 1 saturated heterocycles. The highest BCUT2D eigenvalue weighted by Crippen LogP contribution is 2.39. The number of ether oxygens (including phenoxy) is 3. The molecule has 0 saturated carbocycles. The van der Waals surface area contributed by atoms with E-state index in [1.54, 1.807) is 32.0 Å². The lowest BCUT2D eigenvalue weighted by Gasteiger charge is -2.30. The molecule has 1 heterocycles. The van der Waals surface area contributed by atoms with Crippen LogP contribution in [0, 0.1) is 34.6 Å². The summed E-state index contributed by atoms with van der Waals surface area (Å²) in [7, 11) is 3.23. The molecule has 5 nitrogen and oxygen atoms in total. The van der Waals surface area contributed by atoms with Crippen LogP contribution in [0.2, 0.25) is 5.02 Å². The van der Waals surface area contributed by atoms with Crippen molar-refractivity contribution in [1.29, 1.82) is 0 Å². The Labute approximate surface area is 201 Å². The molecule has 174 valence electrons. The minimum Gasteiger partial charge on any atom is -0.495 e. The number of nitrogens with zero attached hydrogens (tertiary/aromatic N) is 2. The Bertz CT molecular complexity index is 988. The lowest BCUT2D eigenvalue weighted by atomic mass is 9.90. The number of hydrogen-bond acceptors (Lipinski definition) is 5. The maximum Gasteiger partial charge on any atom is 0.165 e. The Kier molecular flexibility index (Phi) is 8.37. The fraction of sp³-hybridized carbons (Fsp3) is 0.480. The van der Waals surface area contributed by atoms with Crippen LogP contribution in [0.15, 0.2) is 17.1 Å². The summed E-state index contributed by atoms with van der Waals surface area (Å²) in [6.07, 6.45) is 0. The molecule has 1 aliphatic rings. The molecule has 0 radical (unpaired) electrons. The minimum atomic E-state index is 0.501. The first kappa shape index (κ1) is 24.7. The van der Waals surface area contributed by atoms with Crippen molar-refractivity contribution in [3.8, 4) is 11.5 Å². The van der Waals surface area contributed by atoms with Crippen molar-refractivity contribution >= 4 is 34.2 Å². The van der Waals surface area contributed by atoms with Crippen molar-refractivity contribution in [3.05, 3.63) is 50.5 Å². The second-order valence-corrected chi connectivity index (χ2v) is 9.39. The largest absolute Gasteiger partial charge is 0.495 e. The lowest BCUT2D eigenvalue weighted by Crippen LogP contribution is -2.39. The number of morpholine rings is 1. The van der Waals surface area contributed by atoms with Crippen LogP contribution in [0.1, 0.15) is 33.4 Å². The lowest BCUT2D eigenvalue weighted by molar-refractivity contribution is 0.0693. The number of rotatable bonds is 5. The van der Waals surface area contributed by atoms with E-state index in [-0.39, 0.29) is 0 Å². The number of hydrogen-bond donors (Lipinski definition) is 0. The van der Waals surface area contributed by atoms with Crippen molar-refractivity contribution in [2.75, 3.05) is 40.5 Å². The molecule has 3 rings (SSSR count). The van der Waals surface area contributed by atoms with E-state index < -0.39 is 0 Å². The molecular weight excluding hydrogens is 444 g/mol. The molecule has 1 fully saturated rings. The van der Waals surface area contributed by atoms with Crippen molar-refractivity contribution in [3.63, 3.8) is 0 Å². The highest BCUT2D eigenvalue weighted by Gasteiger charge is 2.20. The fourth-order valence-corrected chi connectivity index (χ4v) is 5.38. The summed E-state index contributed by atoms with van der Waals surface area (Å²) in [4.78, 5) is 7.31. The third-order valence-corrected chi connectivity index (χ3v) is 7.79. The summed E-state index contributed by atoms with van der Waals surface area (Å²) < 4.78 is 16.5. The second kappa shape index (κ2) is 10.8. The maximum atomic E-state index is 6.30. The van der Waals surface area contributed by atoms with Crippen molar-refractivity contribution < 1.29 is 14.2 Å². The summed E-state index contributed by atoms with van der Waals surface area (Å²) in [6.45, 7) is 14.1. The van der Waals surface area contributed by atoms with E-state index in [4.69, 9.17) is 30.8 Å². The molecule has 1 aliphatic heterocycles. The molecule has 0 N–H and O–H groups in total. The van der Waals surface area contributed by atoms with Gasteiger partial charge >= 0.3 is 0 Å². The van der Waals surface area contributed by atoms with Gasteiger partial charge < -0.3 is 19.1 Å². The van der Waals surface area contributed by atoms with E-state index in [0.29, 0.717) is 35.4 Å². The monoisotopic (exact) mass is 476 g/mol. The van der Waals surface area contributed by atoms with E-state index in [2.05, 4.69) is 39.5 Å². The van der Waals surface area contributed by atoms with Gasteiger partial charge in [-0.15, -0.1) is 0 Å². The van der Waals surface area contributed by atoms with Gasteiger partial charge in [0.05, 0.1) is 32.5 Å². The van der Waals surface area contributed by atoms with Crippen LogP contribution in [0.25, 0.3) is 0 Å². The number of thioether (sulfide) groups is 1. The van der Waals surface area contributed by atoms with E-state index in [1.807, 2.05) is 6.07 Å². The van der Waals surface area contributed by atoms with Crippen LogP contribution >= 0.6 is 23.4 Å². The first-order chi connectivity index (χ1) is 15.3. The summed E-state index contributed by atoms with van der Waals surface area (Å²) in [5, 5.41) is 1.45. The molecular formula is C25H33ClN2O3S. The van der Waals surface area contributed by atoms with Gasteiger partial charge in [-0.2, -0.15) is 0 Å². The van der Waals surface area contributed by atoms with Crippen LogP contribution < -0.4 is 9.47 Å². The number of halogens is 1. The highest BCUT2D eigenvalue weighted by molar-refractivity contribution is 8.13. The topological polar surface area (TPSA) is 43.3 Å². The molecule has 0 aromatic heterocycles. The van der Waals surface area contributed by atoms with Gasteiger partial charge in [-0.1, -0.05) is 23.4 Å². The van der Waals surface area contributed by atoms with Gasteiger partial charge in [0.15, 0.2) is 5.17 Å². The first-order valence-electron chi connectivity index (χ1n) is 10.8. The zero-order chi connectivity index (χ0) is 23.4. The standard InChI is InChI=1S/C25H33ClN2O3S/c1-15-16(2)18(4)20(19(5)17(15)3)14-32-25(28-8-10-31-11-9-28)27-22-13-23(29-6)21(26)12-24(22)30-7/h12-13H,8-11,14H2,1-7H3. The zero-order valence-corrected chi connectivity index (χ0v) is 21.7. The van der Waals surface area contributed by atoms with Gasteiger partial charge in [-0.3, -0.25) is 0 Å². The Morgan fingerprint density at radius 2 is 1.50 bits per heavy atom. The van der Waals surface area contributed by atoms with Crippen LogP contribution in [0.3, 0.4) is 0 Å². The molecule has 0 spiro atoms. The minimum absolute atomic E-state index is 0.501. The predicted octanol–water partition coefficient (Wildman–Crippen LogP) is 6.15. The van der Waals surface area contributed by atoms with Crippen molar-refractivity contribution in [2.45, 2.75) is 40.4 Å².